The van der Waals surface area contributed by atoms with Crippen LogP contribution in [-0.2, 0) is 6.42 Å². The van der Waals surface area contributed by atoms with Crippen LogP contribution >= 0.6 is 0 Å². The van der Waals surface area contributed by atoms with Crippen LogP contribution in [-0.4, -0.2) is 6.54 Å². The third-order valence-corrected chi connectivity index (χ3v) is 3.99. The molecule has 0 spiro atoms. The Hall–Kier alpha value is -1.76. The zero-order valence-electron chi connectivity index (χ0n) is 12.6. The molecule has 0 amide bonds. The van der Waals surface area contributed by atoms with Crippen LogP contribution in [0.15, 0.2) is 54.6 Å². The summed E-state index contributed by atoms with van der Waals surface area (Å²) in [6.45, 7) is 5.61. The molecule has 0 aromatic heterocycles. The Labute approximate surface area is 123 Å². The molecule has 0 saturated heterocycles. The van der Waals surface area contributed by atoms with Gasteiger partial charge in [-0.2, -0.15) is 0 Å². The van der Waals surface area contributed by atoms with Crippen molar-refractivity contribution >= 4 is 5.69 Å². The van der Waals surface area contributed by atoms with E-state index in [1.807, 2.05) is 0 Å². The number of hydrogen-bond donors (Lipinski definition) is 1. The summed E-state index contributed by atoms with van der Waals surface area (Å²) >= 11 is 0. The second-order valence-electron chi connectivity index (χ2n) is 5.38. The van der Waals surface area contributed by atoms with Gasteiger partial charge < -0.3 is 5.32 Å². The molecule has 0 radical (unpaired) electrons. The first-order valence-corrected chi connectivity index (χ1v) is 7.69. The maximum absolute atomic E-state index is 3.64. The van der Waals surface area contributed by atoms with Crippen molar-refractivity contribution < 1.29 is 0 Å². The third kappa shape index (κ3) is 4.12. The Morgan fingerprint density at radius 3 is 2.20 bits per heavy atom. The third-order valence-electron chi connectivity index (χ3n) is 3.99. The zero-order chi connectivity index (χ0) is 14.2. The van der Waals surface area contributed by atoms with Gasteiger partial charge in [-0.15, -0.1) is 0 Å². The largest absolute Gasteiger partial charge is 0.385 e. The standard InChI is InChI=1S/C19H25N/c1-3-16(4-2)15-20-19-13-9-8-12-18(19)14-17-10-6-5-7-11-17/h5-13,16,20H,3-4,14-15H2,1-2H3. The molecule has 0 fully saturated rings. The second kappa shape index (κ2) is 7.74. The normalized spacial score (nSPS) is 10.8. The molecule has 0 aliphatic carbocycles. The highest BCUT2D eigenvalue weighted by Gasteiger charge is 2.06. The van der Waals surface area contributed by atoms with E-state index in [-0.39, 0.29) is 0 Å². The number of benzene rings is 2. The fourth-order valence-corrected chi connectivity index (χ4v) is 2.49. The molecule has 0 aliphatic heterocycles. The van der Waals surface area contributed by atoms with E-state index in [0.29, 0.717) is 0 Å². The van der Waals surface area contributed by atoms with Crippen molar-refractivity contribution in [3.63, 3.8) is 0 Å². The summed E-state index contributed by atoms with van der Waals surface area (Å²) in [5, 5.41) is 3.64. The van der Waals surface area contributed by atoms with Crippen LogP contribution in [0.5, 0.6) is 0 Å². The zero-order valence-corrected chi connectivity index (χ0v) is 12.6. The molecule has 0 atom stereocenters. The summed E-state index contributed by atoms with van der Waals surface area (Å²) in [6.07, 6.45) is 3.47. The predicted octanol–water partition coefficient (Wildman–Crippen LogP) is 5.13. The summed E-state index contributed by atoms with van der Waals surface area (Å²) < 4.78 is 0. The van der Waals surface area contributed by atoms with Crippen LogP contribution < -0.4 is 5.32 Å². The number of nitrogens with one attached hydrogen (secondary N) is 1. The van der Waals surface area contributed by atoms with Gasteiger partial charge in [0.05, 0.1) is 0 Å². The van der Waals surface area contributed by atoms with Crippen LogP contribution in [0.3, 0.4) is 0 Å². The molecule has 2 aromatic carbocycles. The highest BCUT2D eigenvalue weighted by molar-refractivity contribution is 5.52. The summed E-state index contributed by atoms with van der Waals surface area (Å²) in [5.41, 5.74) is 4.03. The molecule has 0 aliphatic rings. The molecule has 2 aromatic rings. The highest BCUT2D eigenvalue weighted by Crippen LogP contribution is 2.20. The highest BCUT2D eigenvalue weighted by atomic mass is 14.9. The van der Waals surface area contributed by atoms with Crippen molar-refractivity contribution in [1.29, 1.82) is 0 Å². The molecule has 0 bridgehead atoms. The van der Waals surface area contributed by atoms with Gasteiger partial charge in [0.25, 0.3) is 0 Å². The van der Waals surface area contributed by atoms with E-state index in [1.54, 1.807) is 0 Å². The van der Waals surface area contributed by atoms with E-state index in [0.717, 1.165) is 18.9 Å². The van der Waals surface area contributed by atoms with Gasteiger partial charge in [-0.1, -0.05) is 75.2 Å². The molecule has 0 heterocycles. The van der Waals surface area contributed by atoms with Gasteiger partial charge in [0, 0.05) is 12.2 Å². The van der Waals surface area contributed by atoms with Crippen LogP contribution in [0, 0.1) is 5.92 Å². The molecule has 1 heteroatoms. The number of hydrogen-bond acceptors (Lipinski definition) is 1. The van der Waals surface area contributed by atoms with Gasteiger partial charge in [-0.3, -0.25) is 0 Å². The van der Waals surface area contributed by atoms with Gasteiger partial charge in [0.15, 0.2) is 0 Å². The lowest BCUT2D eigenvalue weighted by atomic mass is 10.0. The van der Waals surface area contributed by atoms with Crippen molar-refractivity contribution in [2.24, 2.45) is 5.92 Å². The Morgan fingerprint density at radius 2 is 1.50 bits per heavy atom. The molecule has 106 valence electrons. The number of anilines is 1. The monoisotopic (exact) mass is 267 g/mol. The fraction of sp³-hybridized carbons (Fsp3) is 0.368. The molecular weight excluding hydrogens is 242 g/mol. The van der Waals surface area contributed by atoms with E-state index in [4.69, 9.17) is 0 Å². The van der Waals surface area contributed by atoms with Crippen LogP contribution in [0.2, 0.25) is 0 Å². The van der Waals surface area contributed by atoms with E-state index in [1.165, 1.54) is 29.7 Å². The predicted molar refractivity (Wildman–Crippen MR) is 88.3 cm³/mol. The topological polar surface area (TPSA) is 12.0 Å². The maximum atomic E-state index is 3.64. The number of para-hydroxylation sites is 1. The van der Waals surface area contributed by atoms with Crippen LogP contribution in [0.4, 0.5) is 5.69 Å². The Morgan fingerprint density at radius 1 is 0.850 bits per heavy atom. The van der Waals surface area contributed by atoms with Crippen molar-refractivity contribution in [2.75, 3.05) is 11.9 Å². The Kier molecular flexibility index (Phi) is 5.67. The first-order valence-electron chi connectivity index (χ1n) is 7.69. The van der Waals surface area contributed by atoms with Crippen molar-refractivity contribution in [2.45, 2.75) is 33.1 Å². The van der Waals surface area contributed by atoms with E-state index >= 15 is 0 Å². The van der Waals surface area contributed by atoms with Gasteiger partial charge in [0.2, 0.25) is 0 Å². The van der Waals surface area contributed by atoms with E-state index in [2.05, 4.69) is 73.8 Å². The smallest absolute Gasteiger partial charge is 0.0376 e. The van der Waals surface area contributed by atoms with Gasteiger partial charge in [0.1, 0.15) is 0 Å². The average Bonchev–Trinajstić information content (AvgIpc) is 2.51. The second-order valence-corrected chi connectivity index (χ2v) is 5.38. The van der Waals surface area contributed by atoms with Crippen molar-refractivity contribution in [3.8, 4) is 0 Å². The Balaban J connectivity index is 2.06. The minimum Gasteiger partial charge on any atom is -0.385 e. The minimum atomic E-state index is 0.764. The molecule has 1 N–H and O–H groups in total. The minimum absolute atomic E-state index is 0.764. The van der Waals surface area contributed by atoms with Gasteiger partial charge in [-0.05, 0) is 29.5 Å². The van der Waals surface area contributed by atoms with Gasteiger partial charge in [-0.25, -0.2) is 0 Å². The molecule has 20 heavy (non-hydrogen) atoms. The number of rotatable bonds is 7. The van der Waals surface area contributed by atoms with Crippen LogP contribution in [0.1, 0.15) is 37.8 Å². The summed E-state index contributed by atoms with van der Waals surface area (Å²) in [6, 6.07) is 19.3. The SMILES string of the molecule is CCC(CC)CNc1ccccc1Cc1ccccc1. The maximum Gasteiger partial charge on any atom is 0.0376 e. The summed E-state index contributed by atoms with van der Waals surface area (Å²) in [5.74, 6) is 0.764. The van der Waals surface area contributed by atoms with Crippen molar-refractivity contribution in [1.82, 2.24) is 0 Å². The lowest BCUT2D eigenvalue weighted by Crippen LogP contribution is -2.13. The summed E-state index contributed by atoms with van der Waals surface area (Å²) in [4.78, 5) is 0. The van der Waals surface area contributed by atoms with Crippen LogP contribution in [0.25, 0.3) is 0 Å². The molecular formula is C19H25N. The van der Waals surface area contributed by atoms with E-state index in [9.17, 15) is 0 Å². The molecule has 0 unspecified atom stereocenters. The van der Waals surface area contributed by atoms with E-state index < -0.39 is 0 Å². The average molecular weight is 267 g/mol. The first kappa shape index (κ1) is 14.6. The first-order chi connectivity index (χ1) is 9.83. The lowest BCUT2D eigenvalue weighted by molar-refractivity contribution is 0.519. The van der Waals surface area contributed by atoms with Crippen molar-refractivity contribution in [3.05, 3.63) is 65.7 Å². The molecule has 1 nitrogen and oxygen atoms in total. The quantitative estimate of drug-likeness (QED) is 0.733. The molecule has 2 rings (SSSR count). The Bertz CT molecular complexity index is 500. The lowest BCUT2D eigenvalue weighted by Gasteiger charge is -2.17. The molecule has 0 saturated carbocycles. The fourth-order valence-electron chi connectivity index (χ4n) is 2.49. The summed E-state index contributed by atoms with van der Waals surface area (Å²) in [7, 11) is 0. The van der Waals surface area contributed by atoms with Gasteiger partial charge >= 0.3 is 0 Å².